The van der Waals surface area contributed by atoms with Crippen molar-refractivity contribution in [3.63, 3.8) is 0 Å². The molecule has 1 aromatic rings. The second-order valence-corrected chi connectivity index (χ2v) is 5.64. The highest BCUT2D eigenvalue weighted by atomic mass is 16.4. The molecule has 1 unspecified atom stereocenters. The lowest BCUT2D eigenvalue weighted by molar-refractivity contribution is -0.148. The van der Waals surface area contributed by atoms with E-state index in [1.165, 1.54) is 0 Å². The number of carbonyl (C=O) groups is 1. The van der Waals surface area contributed by atoms with Crippen molar-refractivity contribution in [3.05, 3.63) is 22.7 Å². The Balaban J connectivity index is 2.30. The SMILES string of the molecule is CCCn1ccnc(N2CCCC(C)(C(=O)O)C2)c1=O. The molecule has 110 valence electrons. The van der Waals surface area contributed by atoms with Crippen LogP contribution >= 0.6 is 0 Å². The molecule has 2 rings (SSSR count). The van der Waals surface area contributed by atoms with Crippen LogP contribution in [-0.4, -0.2) is 33.7 Å². The van der Waals surface area contributed by atoms with Crippen molar-refractivity contribution in [1.82, 2.24) is 9.55 Å². The summed E-state index contributed by atoms with van der Waals surface area (Å²) in [4.78, 5) is 29.7. The number of aromatic nitrogens is 2. The van der Waals surface area contributed by atoms with Crippen LogP contribution in [0.15, 0.2) is 17.2 Å². The van der Waals surface area contributed by atoms with Gasteiger partial charge in [0.15, 0.2) is 5.82 Å². The maximum atomic E-state index is 12.4. The van der Waals surface area contributed by atoms with E-state index < -0.39 is 11.4 Å². The lowest BCUT2D eigenvalue weighted by Gasteiger charge is -2.37. The van der Waals surface area contributed by atoms with E-state index in [0.717, 1.165) is 12.8 Å². The molecule has 1 atom stereocenters. The van der Waals surface area contributed by atoms with Crippen LogP contribution in [0.25, 0.3) is 0 Å². The molecule has 6 nitrogen and oxygen atoms in total. The van der Waals surface area contributed by atoms with Gasteiger partial charge in [0, 0.05) is 32.0 Å². The molecular formula is C14H21N3O3. The minimum absolute atomic E-state index is 0.135. The molecule has 1 saturated heterocycles. The lowest BCUT2D eigenvalue weighted by Crippen LogP contribution is -2.48. The number of carboxylic acid groups (broad SMARTS) is 1. The number of nitrogens with zero attached hydrogens (tertiary/aromatic N) is 3. The first-order valence-corrected chi connectivity index (χ1v) is 7.02. The maximum absolute atomic E-state index is 12.4. The van der Waals surface area contributed by atoms with E-state index in [-0.39, 0.29) is 5.56 Å². The quantitative estimate of drug-likeness (QED) is 0.900. The van der Waals surface area contributed by atoms with Gasteiger partial charge in [-0.3, -0.25) is 9.59 Å². The molecule has 1 aromatic heterocycles. The Hall–Kier alpha value is -1.85. The summed E-state index contributed by atoms with van der Waals surface area (Å²) in [6.45, 7) is 5.41. The Bertz CT molecular complexity index is 555. The van der Waals surface area contributed by atoms with Gasteiger partial charge in [-0.1, -0.05) is 6.92 Å². The summed E-state index contributed by atoms with van der Waals surface area (Å²) >= 11 is 0. The third-order valence-corrected chi connectivity index (χ3v) is 3.87. The number of rotatable bonds is 4. The zero-order valence-electron chi connectivity index (χ0n) is 12.0. The minimum atomic E-state index is -0.813. The monoisotopic (exact) mass is 279 g/mol. The van der Waals surface area contributed by atoms with Crippen molar-refractivity contribution < 1.29 is 9.90 Å². The number of anilines is 1. The third kappa shape index (κ3) is 2.69. The Kier molecular flexibility index (Phi) is 4.11. The van der Waals surface area contributed by atoms with Crippen molar-refractivity contribution in [1.29, 1.82) is 0 Å². The fourth-order valence-corrected chi connectivity index (χ4v) is 2.66. The van der Waals surface area contributed by atoms with Gasteiger partial charge < -0.3 is 14.6 Å². The van der Waals surface area contributed by atoms with Gasteiger partial charge in [0.1, 0.15) is 0 Å². The van der Waals surface area contributed by atoms with Crippen LogP contribution < -0.4 is 10.5 Å². The Morgan fingerprint density at radius 2 is 2.30 bits per heavy atom. The molecule has 0 amide bonds. The van der Waals surface area contributed by atoms with Gasteiger partial charge >= 0.3 is 5.97 Å². The standard InChI is InChI=1S/C14H21N3O3/c1-3-7-16-9-6-15-11(12(16)18)17-8-4-5-14(2,10-17)13(19)20/h6,9H,3-5,7-8,10H2,1-2H3,(H,19,20). The van der Waals surface area contributed by atoms with Crippen LogP contribution in [0.5, 0.6) is 0 Å². The normalized spacial score (nSPS) is 22.8. The average Bonchev–Trinajstić information content (AvgIpc) is 2.41. The molecule has 1 aliphatic heterocycles. The van der Waals surface area contributed by atoms with Crippen LogP contribution in [0.2, 0.25) is 0 Å². The fraction of sp³-hybridized carbons (Fsp3) is 0.643. The summed E-state index contributed by atoms with van der Waals surface area (Å²) < 4.78 is 1.63. The van der Waals surface area contributed by atoms with Gasteiger partial charge in [-0.25, -0.2) is 4.98 Å². The van der Waals surface area contributed by atoms with Gasteiger partial charge in [0.2, 0.25) is 0 Å². The number of hydrogen-bond donors (Lipinski definition) is 1. The number of aliphatic carboxylic acids is 1. The maximum Gasteiger partial charge on any atom is 0.311 e. The summed E-state index contributed by atoms with van der Waals surface area (Å²) in [6, 6.07) is 0. The molecular weight excluding hydrogens is 258 g/mol. The molecule has 0 spiro atoms. The van der Waals surface area contributed by atoms with Crippen LogP contribution in [0.3, 0.4) is 0 Å². The topological polar surface area (TPSA) is 75.4 Å². The number of aryl methyl sites for hydroxylation is 1. The molecule has 0 saturated carbocycles. The van der Waals surface area contributed by atoms with Crippen molar-refractivity contribution in [2.24, 2.45) is 5.41 Å². The average molecular weight is 279 g/mol. The van der Waals surface area contributed by atoms with Crippen molar-refractivity contribution in [2.75, 3.05) is 18.0 Å². The van der Waals surface area contributed by atoms with Crippen molar-refractivity contribution in [3.8, 4) is 0 Å². The summed E-state index contributed by atoms with van der Waals surface area (Å²) in [7, 11) is 0. The van der Waals surface area contributed by atoms with E-state index in [1.54, 1.807) is 23.9 Å². The first kappa shape index (κ1) is 14.6. The molecule has 0 radical (unpaired) electrons. The molecule has 6 heteroatoms. The van der Waals surface area contributed by atoms with E-state index in [1.807, 2.05) is 11.8 Å². The van der Waals surface area contributed by atoms with Gasteiger partial charge in [-0.2, -0.15) is 0 Å². The molecule has 20 heavy (non-hydrogen) atoms. The van der Waals surface area contributed by atoms with Gasteiger partial charge in [0.25, 0.3) is 5.56 Å². The zero-order valence-corrected chi connectivity index (χ0v) is 12.0. The first-order valence-electron chi connectivity index (χ1n) is 7.02. The molecule has 1 aliphatic rings. The largest absolute Gasteiger partial charge is 0.481 e. The van der Waals surface area contributed by atoms with E-state index in [0.29, 0.717) is 31.9 Å². The summed E-state index contributed by atoms with van der Waals surface area (Å²) in [6.07, 6.45) is 5.55. The summed E-state index contributed by atoms with van der Waals surface area (Å²) in [5.41, 5.74) is -0.943. The van der Waals surface area contributed by atoms with E-state index in [9.17, 15) is 14.7 Å². The summed E-state index contributed by atoms with van der Waals surface area (Å²) in [5, 5.41) is 9.34. The van der Waals surface area contributed by atoms with Gasteiger partial charge in [-0.05, 0) is 26.2 Å². The van der Waals surface area contributed by atoms with E-state index in [4.69, 9.17) is 0 Å². The van der Waals surface area contributed by atoms with Crippen LogP contribution in [0.4, 0.5) is 5.82 Å². The second kappa shape index (κ2) is 5.64. The van der Waals surface area contributed by atoms with Crippen LogP contribution in [0.1, 0.15) is 33.1 Å². The smallest absolute Gasteiger partial charge is 0.311 e. The fourth-order valence-electron chi connectivity index (χ4n) is 2.66. The van der Waals surface area contributed by atoms with Crippen LogP contribution in [-0.2, 0) is 11.3 Å². The highest BCUT2D eigenvalue weighted by Gasteiger charge is 2.38. The predicted octanol–water partition coefficient (Wildman–Crippen LogP) is 1.34. The minimum Gasteiger partial charge on any atom is -0.481 e. The first-order chi connectivity index (χ1) is 9.48. The Morgan fingerprint density at radius 1 is 1.55 bits per heavy atom. The van der Waals surface area contributed by atoms with Gasteiger partial charge in [0.05, 0.1) is 5.41 Å². The number of piperidine rings is 1. The van der Waals surface area contributed by atoms with Crippen molar-refractivity contribution in [2.45, 2.75) is 39.7 Å². The molecule has 0 aliphatic carbocycles. The van der Waals surface area contributed by atoms with Crippen molar-refractivity contribution >= 4 is 11.8 Å². The molecule has 0 bridgehead atoms. The number of hydrogen-bond acceptors (Lipinski definition) is 4. The second-order valence-electron chi connectivity index (χ2n) is 5.64. The van der Waals surface area contributed by atoms with E-state index >= 15 is 0 Å². The number of carboxylic acids is 1. The molecule has 1 fully saturated rings. The van der Waals surface area contributed by atoms with Crippen LogP contribution in [0, 0.1) is 5.41 Å². The Labute approximate surface area is 118 Å². The molecule has 1 N–H and O–H groups in total. The third-order valence-electron chi connectivity index (χ3n) is 3.87. The lowest BCUT2D eigenvalue weighted by atomic mass is 9.82. The highest BCUT2D eigenvalue weighted by molar-refractivity contribution is 5.75. The van der Waals surface area contributed by atoms with Gasteiger partial charge in [-0.15, -0.1) is 0 Å². The summed E-state index contributed by atoms with van der Waals surface area (Å²) in [5.74, 6) is -0.444. The Morgan fingerprint density at radius 3 is 2.95 bits per heavy atom. The highest BCUT2D eigenvalue weighted by Crippen LogP contribution is 2.30. The molecule has 2 heterocycles. The zero-order chi connectivity index (χ0) is 14.8. The van der Waals surface area contributed by atoms with E-state index in [2.05, 4.69) is 4.98 Å². The predicted molar refractivity (Wildman–Crippen MR) is 76.0 cm³/mol. The molecule has 0 aromatic carbocycles.